The molecule has 0 N–H and O–H groups in total. The lowest BCUT2D eigenvalue weighted by Gasteiger charge is -2.20. The summed E-state index contributed by atoms with van der Waals surface area (Å²) >= 11 is 11.2. The summed E-state index contributed by atoms with van der Waals surface area (Å²) in [6.45, 7) is 2.19. The van der Waals surface area contributed by atoms with Gasteiger partial charge in [-0.1, -0.05) is 66.5 Å². The largest absolute Gasteiger partial charge is 0.294 e. The van der Waals surface area contributed by atoms with Crippen molar-refractivity contribution in [2.24, 2.45) is 0 Å². The number of carbonyl (C=O) groups excluding carboxylic acids is 1. The van der Waals surface area contributed by atoms with Crippen LogP contribution >= 0.6 is 23.2 Å². The first-order chi connectivity index (χ1) is 9.59. The molecule has 1 unspecified atom stereocenters. The highest BCUT2D eigenvalue weighted by molar-refractivity contribution is 6.41. The Labute approximate surface area is 129 Å². The van der Waals surface area contributed by atoms with E-state index < -0.39 is 0 Å². The maximum absolute atomic E-state index is 11.4. The molecule has 0 aromatic heterocycles. The third-order valence-corrected chi connectivity index (χ3v) is 4.18. The summed E-state index contributed by atoms with van der Waals surface area (Å²) in [6, 6.07) is 15.1. The number of carbonyl (C=O) groups is 1. The molecule has 0 fully saturated rings. The zero-order valence-corrected chi connectivity index (χ0v) is 12.8. The summed E-state index contributed by atoms with van der Waals surface area (Å²) < 4.78 is 0. The van der Waals surface area contributed by atoms with E-state index in [1.807, 2.05) is 30.3 Å². The van der Waals surface area contributed by atoms with E-state index in [1.54, 1.807) is 12.1 Å². The maximum atomic E-state index is 11.4. The van der Waals surface area contributed by atoms with Crippen LogP contribution in [0.5, 0.6) is 0 Å². The van der Waals surface area contributed by atoms with Crippen LogP contribution in [-0.2, 0) is 0 Å². The third kappa shape index (κ3) is 3.62. The van der Waals surface area contributed by atoms with Crippen LogP contribution in [0.25, 0.3) is 0 Å². The summed E-state index contributed by atoms with van der Waals surface area (Å²) in [6.07, 6.45) is 1.73. The molecular formula is C17H16Cl2O. The van der Waals surface area contributed by atoms with Crippen LogP contribution in [0, 0.1) is 0 Å². The second kappa shape index (κ2) is 6.92. The van der Waals surface area contributed by atoms with Gasteiger partial charge in [-0.05, 0) is 30.0 Å². The Hall–Kier alpha value is -1.31. The second-order valence-corrected chi connectivity index (χ2v) is 5.68. The lowest BCUT2D eigenvalue weighted by atomic mass is 9.83. The number of hydrogen-bond acceptors (Lipinski definition) is 1. The average Bonchev–Trinajstić information content (AvgIpc) is 2.47. The van der Waals surface area contributed by atoms with Crippen molar-refractivity contribution in [3.8, 4) is 0 Å². The van der Waals surface area contributed by atoms with Crippen molar-refractivity contribution in [1.29, 1.82) is 0 Å². The minimum Gasteiger partial charge on any atom is -0.294 e. The second-order valence-electron chi connectivity index (χ2n) is 4.86. The lowest BCUT2D eigenvalue weighted by molar-refractivity contribution is 0.0968. The van der Waals surface area contributed by atoms with Crippen LogP contribution < -0.4 is 0 Å². The van der Waals surface area contributed by atoms with Gasteiger partial charge in [0.15, 0.2) is 5.78 Å². The molecule has 1 aliphatic carbocycles. The van der Waals surface area contributed by atoms with Gasteiger partial charge in [-0.3, -0.25) is 4.79 Å². The predicted octanol–water partition coefficient (Wildman–Crippen LogP) is 5.76. The summed E-state index contributed by atoms with van der Waals surface area (Å²) in [5.74, 6) is 0.864. The molecule has 3 heteroatoms. The molecule has 104 valence electrons. The minimum absolute atomic E-state index is 0.309. The molecule has 0 saturated carbocycles. The van der Waals surface area contributed by atoms with Gasteiger partial charge < -0.3 is 0 Å². The fraction of sp³-hybridized carbons (Fsp3) is 0.235. The molecule has 1 atom stereocenters. The number of Topliss-reactive ketones (excluding diaryl/α,β-unsaturated/α-hetero) is 1. The van der Waals surface area contributed by atoms with Gasteiger partial charge >= 0.3 is 0 Å². The zero-order valence-electron chi connectivity index (χ0n) is 11.3. The monoisotopic (exact) mass is 306 g/mol. The molecule has 2 aromatic rings. The molecule has 0 saturated heterocycles. The molecule has 0 radical (unpaired) electrons. The zero-order chi connectivity index (χ0) is 14.5. The molecule has 1 nitrogen and oxygen atoms in total. The average molecular weight is 307 g/mol. The van der Waals surface area contributed by atoms with Crippen molar-refractivity contribution in [2.75, 3.05) is 0 Å². The molecule has 2 aromatic carbocycles. The molecule has 0 spiro atoms. The molecule has 0 bridgehead atoms. The van der Waals surface area contributed by atoms with Crippen molar-refractivity contribution < 1.29 is 4.79 Å². The van der Waals surface area contributed by atoms with Gasteiger partial charge in [-0.25, -0.2) is 0 Å². The first-order valence-corrected chi connectivity index (χ1v) is 7.37. The fourth-order valence-electron chi connectivity index (χ4n) is 2.26. The number of fused-ring (bicyclic) bond motifs is 1. The molecule has 3 rings (SSSR count). The summed E-state index contributed by atoms with van der Waals surface area (Å²) in [4.78, 5) is 11.4. The molecule has 0 heterocycles. The van der Waals surface area contributed by atoms with Gasteiger partial charge in [0, 0.05) is 12.0 Å². The SMILES string of the molecule is CC1CCC(=O)c2ccccc21.Clc1ccccc1Cl. The summed E-state index contributed by atoms with van der Waals surface area (Å²) in [5, 5.41) is 1.21. The Kier molecular flexibility index (Phi) is 5.22. The Bertz CT molecular complexity index is 586. The Balaban J connectivity index is 0.000000160. The molecule has 0 amide bonds. The fourth-order valence-corrected chi connectivity index (χ4v) is 2.53. The van der Waals surface area contributed by atoms with E-state index in [-0.39, 0.29) is 0 Å². The van der Waals surface area contributed by atoms with Crippen molar-refractivity contribution in [1.82, 2.24) is 0 Å². The predicted molar refractivity (Wildman–Crippen MR) is 84.9 cm³/mol. The number of ketones is 1. The highest BCUT2D eigenvalue weighted by atomic mass is 35.5. The third-order valence-electron chi connectivity index (χ3n) is 3.42. The highest BCUT2D eigenvalue weighted by Gasteiger charge is 2.21. The molecule has 1 aliphatic rings. The van der Waals surface area contributed by atoms with E-state index in [2.05, 4.69) is 13.0 Å². The van der Waals surface area contributed by atoms with Crippen LogP contribution in [0.2, 0.25) is 10.0 Å². The van der Waals surface area contributed by atoms with E-state index in [9.17, 15) is 4.79 Å². The van der Waals surface area contributed by atoms with Crippen molar-refractivity contribution in [3.05, 3.63) is 69.7 Å². The molecular weight excluding hydrogens is 291 g/mol. The van der Waals surface area contributed by atoms with Gasteiger partial charge in [0.25, 0.3) is 0 Å². The van der Waals surface area contributed by atoms with E-state index in [1.165, 1.54) is 5.56 Å². The van der Waals surface area contributed by atoms with Crippen LogP contribution in [-0.4, -0.2) is 5.78 Å². The van der Waals surface area contributed by atoms with Gasteiger partial charge in [-0.2, -0.15) is 0 Å². The van der Waals surface area contributed by atoms with E-state index in [0.717, 1.165) is 18.4 Å². The van der Waals surface area contributed by atoms with Crippen LogP contribution in [0.3, 0.4) is 0 Å². The van der Waals surface area contributed by atoms with Crippen LogP contribution in [0.4, 0.5) is 0 Å². The Morgan fingerprint density at radius 3 is 2.05 bits per heavy atom. The van der Waals surface area contributed by atoms with Crippen molar-refractivity contribution in [2.45, 2.75) is 25.7 Å². The van der Waals surface area contributed by atoms with Crippen LogP contribution in [0.15, 0.2) is 48.5 Å². The summed E-state index contributed by atoms with van der Waals surface area (Å²) in [5.41, 5.74) is 2.17. The summed E-state index contributed by atoms with van der Waals surface area (Å²) in [7, 11) is 0. The van der Waals surface area contributed by atoms with Crippen molar-refractivity contribution >= 4 is 29.0 Å². The Morgan fingerprint density at radius 1 is 0.950 bits per heavy atom. The molecule has 0 aliphatic heterocycles. The quantitative estimate of drug-likeness (QED) is 0.604. The normalized spacial score (nSPS) is 16.9. The van der Waals surface area contributed by atoms with E-state index in [0.29, 0.717) is 21.7 Å². The topological polar surface area (TPSA) is 17.1 Å². The van der Waals surface area contributed by atoms with Crippen molar-refractivity contribution in [3.63, 3.8) is 0 Å². The van der Waals surface area contributed by atoms with Gasteiger partial charge in [0.2, 0.25) is 0 Å². The number of rotatable bonds is 0. The highest BCUT2D eigenvalue weighted by Crippen LogP contribution is 2.30. The smallest absolute Gasteiger partial charge is 0.163 e. The Morgan fingerprint density at radius 2 is 1.50 bits per heavy atom. The number of benzene rings is 2. The first-order valence-electron chi connectivity index (χ1n) is 6.61. The van der Waals surface area contributed by atoms with E-state index >= 15 is 0 Å². The van der Waals surface area contributed by atoms with Crippen LogP contribution in [0.1, 0.15) is 41.6 Å². The van der Waals surface area contributed by atoms with Gasteiger partial charge in [0.05, 0.1) is 10.0 Å². The number of halogens is 2. The minimum atomic E-state index is 0.309. The first kappa shape index (κ1) is 15.1. The van der Waals surface area contributed by atoms with Gasteiger partial charge in [-0.15, -0.1) is 0 Å². The molecule has 20 heavy (non-hydrogen) atoms. The lowest BCUT2D eigenvalue weighted by Crippen LogP contribution is -2.13. The van der Waals surface area contributed by atoms with Gasteiger partial charge in [0.1, 0.15) is 0 Å². The maximum Gasteiger partial charge on any atom is 0.163 e. The number of hydrogen-bond donors (Lipinski definition) is 0. The standard InChI is InChI=1S/C11H12O.C6H4Cl2/c1-8-6-7-11(12)10-5-3-2-4-9(8)10;7-5-3-1-2-4-6(5)8/h2-5,8H,6-7H2,1H3;1-4H. The van der Waals surface area contributed by atoms with E-state index in [4.69, 9.17) is 23.2 Å².